The van der Waals surface area contributed by atoms with Crippen LogP contribution in [0.4, 0.5) is 0 Å². The van der Waals surface area contributed by atoms with E-state index in [-0.39, 0.29) is 5.41 Å². The highest BCUT2D eigenvalue weighted by Crippen LogP contribution is 2.53. The van der Waals surface area contributed by atoms with E-state index in [0.717, 1.165) is 10.6 Å². The Labute approximate surface area is 121 Å². The summed E-state index contributed by atoms with van der Waals surface area (Å²) in [5.74, 6) is 1.17. The van der Waals surface area contributed by atoms with Crippen LogP contribution in [0.2, 0.25) is 0 Å². The third-order valence-electron chi connectivity index (χ3n) is 4.86. The molecule has 2 unspecified atom stereocenters. The van der Waals surface area contributed by atoms with Gasteiger partial charge in [0.25, 0.3) is 0 Å². The number of allylic oxidation sites excluding steroid dienone is 3. The molecule has 0 saturated heterocycles. The zero-order chi connectivity index (χ0) is 13.5. The molecule has 0 nitrogen and oxygen atoms in total. The van der Waals surface area contributed by atoms with Crippen molar-refractivity contribution >= 4 is 16.6 Å². The van der Waals surface area contributed by atoms with Crippen LogP contribution in [0.25, 0.3) is 5.03 Å². The molecule has 1 aromatic carbocycles. The van der Waals surface area contributed by atoms with Gasteiger partial charge in [-0.05, 0) is 35.3 Å². The Hall–Kier alpha value is -1.01. The molecule has 0 amide bonds. The van der Waals surface area contributed by atoms with Gasteiger partial charge in [-0.2, -0.15) is 0 Å². The second-order valence-corrected chi connectivity index (χ2v) is 6.72. The Morgan fingerprint density at radius 3 is 2.58 bits per heavy atom. The number of hydrogen-bond acceptors (Lipinski definition) is 0. The summed E-state index contributed by atoms with van der Waals surface area (Å²) in [5, 5.41) is 0.979. The van der Waals surface area contributed by atoms with Crippen LogP contribution in [0, 0.1) is 17.3 Å². The number of rotatable bonds is 1. The van der Waals surface area contributed by atoms with Crippen LogP contribution in [-0.2, 0) is 0 Å². The fourth-order valence-corrected chi connectivity index (χ4v) is 4.23. The quantitative estimate of drug-likeness (QED) is 0.580. The predicted octanol–water partition coefficient (Wildman–Crippen LogP) is 5.65. The van der Waals surface area contributed by atoms with Gasteiger partial charge in [0.1, 0.15) is 0 Å². The minimum atomic E-state index is 0.183. The van der Waals surface area contributed by atoms with Crippen molar-refractivity contribution in [1.29, 1.82) is 0 Å². The van der Waals surface area contributed by atoms with E-state index < -0.39 is 0 Å². The van der Waals surface area contributed by atoms with Crippen molar-refractivity contribution in [1.82, 2.24) is 0 Å². The monoisotopic (exact) mass is 272 g/mol. The maximum absolute atomic E-state index is 6.78. The van der Waals surface area contributed by atoms with E-state index >= 15 is 0 Å². The highest BCUT2D eigenvalue weighted by molar-refractivity contribution is 6.49. The predicted molar refractivity (Wildman–Crippen MR) is 83.0 cm³/mol. The molecule has 0 spiro atoms. The second-order valence-electron chi connectivity index (χ2n) is 6.34. The fourth-order valence-electron chi connectivity index (χ4n) is 3.72. The van der Waals surface area contributed by atoms with Crippen molar-refractivity contribution in [3.05, 3.63) is 53.6 Å². The molecule has 1 saturated carbocycles. The third kappa shape index (κ3) is 2.17. The molecular weight excluding hydrogens is 252 g/mol. The summed E-state index contributed by atoms with van der Waals surface area (Å²) in [6.07, 6.45) is 8.67. The Balaban J connectivity index is 2.15. The van der Waals surface area contributed by atoms with Crippen LogP contribution in [0.5, 0.6) is 0 Å². The first-order valence-corrected chi connectivity index (χ1v) is 7.62. The summed E-state index contributed by atoms with van der Waals surface area (Å²) in [7, 11) is 0. The van der Waals surface area contributed by atoms with E-state index in [9.17, 15) is 0 Å². The van der Waals surface area contributed by atoms with Crippen molar-refractivity contribution in [2.45, 2.75) is 33.1 Å². The van der Waals surface area contributed by atoms with E-state index in [2.05, 4.69) is 50.3 Å². The van der Waals surface area contributed by atoms with Gasteiger partial charge in [-0.15, -0.1) is 0 Å². The van der Waals surface area contributed by atoms with Gasteiger partial charge in [0, 0.05) is 11.0 Å². The van der Waals surface area contributed by atoms with Gasteiger partial charge in [-0.25, -0.2) is 0 Å². The Bertz CT molecular complexity index is 522. The first-order valence-electron chi connectivity index (χ1n) is 7.24. The van der Waals surface area contributed by atoms with E-state index in [1.807, 2.05) is 6.07 Å². The zero-order valence-corrected chi connectivity index (χ0v) is 12.5. The van der Waals surface area contributed by atoms with Gasteiger partial charge >= 0.3 is 0 Å². The Kier molecular flexibility index (Phi) is 3.30. The molecule has 1 aromatic rings. The molecule has 0 radical (unpaired) electrons. The minimum Gasteiger partial charge on any atom is -0.0840 e. The number of hydrogen-bond donors (Lipinski definition) is 0. The second kappa shape index (κ2) is 4.83. The highest BCUT2D eigenvalue weighted by atomic mass is 35.5. The van der Waals surface area contributed by atoms with Gasteiger partial charge < -0.3 is 0 Å². The lowest BCUT2D eigenvalue weighted by molar-refractivity contribution is 0.296. The summed E-state index contributed by atoms with van der Waals surface area (Å²) >= 11 is 6.78. The molecule has 0 aliphatic heterocycles. The summed E-state index contributed by atoms with van der Waals surface area (Å²) in [6, 6.07) is 10.4. The SMILES string of the molecule is CC1(C)/C(=C(/Cl)c2ccccc2)C2C=CC1CCC2. The summed E-state index contributed by atoms with van der Waals surface area (Å²) < 4.78 is 0. The van der Waals surface area contributed by atoms with E-state index in [0.29, 0.717) is 11.8 Å². The van der Waals surface area contributed by atoms with Gasteiger partial charge in [0.15, 0.2) is 0 Å². The lowest BCUT2D eigenvalue weighted by Crippen LogP contribution is -2.30. The fraction of sp³-hybridized carbons (Fsp3) is 0.444. The Morgan fingerprint density at radius 1 is 1.11 bits per heavy atom. The van der Waals surface area contributed by atoms with Crippen LogP contribution in [0.1, 0.15) is 38.7 Å². The summed E-state index contributed by atoms with van der Waals surface area (Å²) in [4.78, 5) is 0. The minimum absolute atomic E-state index is 0.183. The first-order chi connectivity index (χ1) is 9.10. The lowest BCUT2D eigenvalue weighted by Gasteiger charge is -2.40. The number of benzene rings is 1. The molecule has 1 heteroatoms. The average molecular weight is 273 g/mol. The molecule has 100 valence electrons. The van der Waals surface area contributed by atoms with Crippen molar-refractivity contribution in [2.24, 2.45) is 17.3 Å². The molecule has 3 aliphatic carbocycles. The van der Waals surface area contributed by atoms with Crippen molar-refractivity contribution in [3.8, 4) is 0 Å². The van der Waals surface area contributed by atoms with Gasteiger partial charge in [-0.1, -0.05) is 74.4 Å². The van der Waals surface area contributed by atoms with Crippen molar-refractivity contribution in [3.63, 3.8) is 0 Å². The number of fused-ring (bicyclic) bond motifs is 3. The van der Waals surface area contributed by atoms with Crippen LogP contribution >= 0.6 is 11.6 Å². The molecule has 4 rings (SSSR count). The Morgan fingerprint density at radius 2 is 1.84 bits per heavy atom. The van der Waals surface area contributed by atoms with Gasteiger partial charge in [0.2, 0.25) is 0 Å². The largest absolute Gasteiger partial charge is 0.0840 e. The molecule has 1 fully saturated rings. The molecule has 2 atom stereocenters. The molecule has 0 heterocycles. The highest BCUT2D eigenvalue weighted by Gasteiger charge is 2.41. The lowest BCUT2D eigenvalue weighted by atomic mass is 9.65. The maximum atomic E-state index is 6.78. The summed E-state index contributed by atoms with van der Waals surface area (Å²) in [5.41, 5.74) is 2.79. The molecule has 0 aromatic heterocycles. The topological polar surface area (TPSA) is 0 Å². The van der Waals surface area contributed by atoms with Crippen LogP contribution < -0.4 is 0 Å². The van der Waals surface area contributed by atoms with Crippen molar-refractivity contribution < 1.29 is 0 Å². The van der Waals surface area contributed by atoms with E-state index in [1.165, 1.54) is 24.8 Å². The van der Waals surface area contributed by atoms with Crippen LogP contribution in [-0.4, -0.2) is 0 Å². The maximum Gasteiger partial charge on any atom is 0.0481 e. The van der Waals surface area contributed by atoms with Crippen LogP contribution in [0.15, 0.2) is 48.1 Å². The zero-order valence-electron chi connectivity index (χ0n) is 11.7. The standard InChI is InChI=1S/C18H21Cl/c1-18(2)15-10-6-9-13(11-12-15)16(18)17(19)14-7-4-3-5-8-14/h3-5,7-8,11-13,15H,6,9-10H2,1-2H3/b17-16+. The molecule has 2 bridgehead atoms. The third-order valence-corrected chi connectivity index (χ3v) is 5.28. The first kappa shape index (κ1) is 13.0. The van der Waals surface area contributed by atoms with E-state index in [1.54, 1.807) is 0 Å². The normalized spacial score (nSPS) is 31.1. The average Bonchev–Trinajstić information content (AvgIpc) is 2.71. The molecule has 3 aliphatic rings. The van der Waals surface area contributed by atoms with Crippen molar-refractivity contribution in [2.75, 3.05) is 0 Å². The van der Waals surface area contributed by atoms with Crippen LogP contribution in [0.3, 0.4) is 0 Å². The molecule has 0 N–H and O–H groups in total. The summed E-state index contributed by atoms with van der Waals surface area (Å²) in [6.45, 7) is 4.72. The molecular formula is C18H21Cl. The van der Waals surface area contributed by atoms with E-state index in [4.69, 9.17) is 11.6 Å². The molecule has 19 heavy (non-hydrogen) atoms. The van der Waals surface area contributed by atoms with Gasteiger partial charge in [0.05, 0.1) is 0 Å². The van der Waals surface area contributed by atoms with Gasteiger partial charge in [-0.3, -0.25) is 0 Å². The smallest absolute Gasteiger partial charge is 0.0481 e. The number of halogens is 1.